The first-order valence-electron chi connectivity index (χ1n) is 39.4. The number of amides is 13. The molecular weight excluding hydrogens is 1620 g/mol. The van der Waals surface area contributed by atoms with Crippen molar-refractivity contribution in [3.63, 3.8) is 0 Å². The van der Waals surface area contributed by atoms with Gasteiger partial charge in [-0.2, -0.15) is 0 Å². The van der Waals surface area contributed by atoms with E-state index in [1.807, 2.05) is 0 Å². The van der Waals surface area contributed by atoms with E-state index in [9.17, 15) is 48.3 Å². The van der Waals surface area contributed by atoms with E-state index in [2.05, 4.69) is 88.4 Å². The minimum Gasteiger partial charge on any atom is -0.480 e. The average Bonchev–Trinajstić information content (AvgIpc) is 1.68. The Hall–Kier alpha value is -9.81. The van der Waals surface area contributed by atoms with Crippen molar-refractivity contribution in [2.24, 2.45) is 89.1 Å². The maximum absolute atomic E-state index is 15.3. The second-order valence-corrected chi connectivity index (χ2v) is 34.9. The Morgan fingerprint density at radius 1 is 0.500 bits per heavy atom. The van der Waals surface area contributed by atoms with Crippen LogP contribution in [0, 0.1) is 11.8 Å². The van der Waals surface area contributed by atoms with Crippen molar-refractivity contribution in [2.75, 3.05) is 68.8 Å². The molecule has 14 unspecified atom stereocenters. The van der Waals surface area contributed by atoms with Crippen molar-refractivity contribution in [1.82, 2.24) is 78.3 Å². The fourth-order valence-electron chi connectivity index (χ4n) is 13.1. The molecule has 0 bridgehead atoms. The van der Waals surface area contributed by atoms with Crippen LogP contribution in [0.15, 0.2) is 32.5 Å². The molecule has 5 heterocycles. The Morgan fingerprint density at radius 3 is 1.36 bits per heavy atom. The van der Waals surface area contributed by atoms with Crippen LogP contribution in [-0.4, -0.2) is 285 Å². The van der Waals surface area contributed by atoms with Crippen molar-refractivity contribution < 1.29 is 72.2 Å². The highest BCUT2D eigenvalue weighted by atomic mass is 33.1. The lowest BCUT2D eigenvalue weighted by Crippen LogP contribution is -2.61. The number of aliphatic imine (C=N–C) groups is 4. The number of H-pyrrole nitrogens is 1. The number of hydrogen-bond acceptors (Lipinski definition) is 25. The number of nitrogens with two attached hydrogens (primary N) is 10. The van der Waals surface area contributed by atoms with Crippen LogP contribution in [0.3, 0.4) is 0 Å². The van der Waals surface area contributed by atoms with Crippen LogP contribution < -0.4 is 116 Å². The van der Waals surface area contributed by atoms with E-state index in [1.54, 1.807) is 27.7 Å². The highest BCUT2D eigenvalue weighted by molar-refractivity contribution is 8.77. The van der Waals surface area contributed by atoms with Gasteiger partial charge in [-0.25, -0.2) is 9.78 Å². The Morgan fingerprint density at radius 2 is 0.915 bits per heavy atom. The Kier molecular flexibility index (Phi) is 43.1. The molecule has 0 aromatic carbocycles. The molecule has 0 spiro atoms. The van der Waals surface area contributed by atoms with E-state index in [1.165, 1.54) is 22.3 Å². The molecule has 4 aliphatic heterocycles. The van der Waals surface area contributed by atoms with E-state index in [0.29, 0.717) is 19.3 Å². The molecular formula is C70H121N29O15S4. The van der Waals surface area contributed by atoms with Crippen molar-refractivity contribution in [1.29, 1.82) is 0 Å². The van der Waals surface area contributed by atoms with E-state index in [4.69, 9.17) is 57.3 Å². The van der Waals surface area contributed by atoms with Crippen LogP contribution >= 0.6 is 43.2 Å². The van der Waals surface area contributed by atoms with Gasteiger partial charge in [0.25, 0.3) is 0 Å². The third-order valence-electron chi connectivity index (χ3n) is 19.2. The number of carbonyl (C=O) groups is 14. The predicted octanol–water partition coefficient (Wildman–Crippen LogP) is -7.10. The molecule has 44 nitrogen and oxygen atoms in total. The number of hydrogen-bond donors (Lipinski definition) is 23. The number of rotatable bonds is 33. The number of guanidine groups is 4. The summed E-state index contributed by atoms with van der Waals surface area (Å²) in [4.78, 5) is 230. The lowest BCUT2D eigenvalue weighted by molar-refractivity contribution is -0.143. The van der Waals surface area contributed by atoms with Crippen LogP contribution in [0.25, 0.3) is 0 Å². The van der Waals surface area contributed by atoms with Crippen LogP contribution in [0.4, 0.5) is 0 Å². The number of carbonyl (C=O) groups excluding carboxylic acids is 13. The minimum absolute atomic E-state index is 0.0107. The molecule has 1 aromatic rings. The highest BCUT2D eigenvalue weighted by Crippen LogP contribution is 2.28. The van der Waals surface area contributed by atoms with Gasteiger partial charge in [0.2, 0.25) is 76.8 Å². The zero-order chi connectivity index (χ0) is 87.1. The molecule has 1 aromatic heterocycles. The molecule has 13 amide bonds. The quantitative estimate of drug-likeness (QED) is 0.0135. The number of carboxylic acids is 1. The van der Waals surface area contributed by atoms with Gasteiger partial charge in [-0.3, -0.25) is 82.3 Å². The van der Waals surface area contributed by atoms with E-state index in [0.717, 1.165) is 43.2 Å². The Labute approximate surface area is 700 Å². The standard InChI is InChI=1S/C70H121N29O15S4/c1-36(2)27-45-57(104)95-48(32-116-115-31-39(72)53(100)90-43(16-9-23-84-69(77)78)64(111)98-25-11-18-51(98)62(109)88-41(55(102)92-45)14-7-21-82-67(73)74)60(107)87-40(13-5-6-20-71)54(101)94-47(29-38-30-81-35-86-38)59(106)96-49-33-117-118-34-50(66(113)114)97-58(105)46(28-37(3)4)93-56(103)42(15-8-22-83-68(75)76)89-63(110)52-19-12-26-99(52)65(112)44(91-61(49)108)17-10-24-85-70(79)80/h30,35-37,39-52H,5-29,31-34,71-72H2,1-4H3,(H,81,86)(H,87,107)(H,88,109)(H,89,110)(H,90,100)(H,91,108)(H,92,102)(H,93,103)(H,94,101)(H,95,104)(H,96,106)(H,97,105)(H,113,114)(H4,73,74,82)(H4,75,76,83)(H4,77,78,84)(H4,79,80,85). The molecule has 4 fully saturated rings. The summed E-state index contributed by atoms with van der Waals surface area (Å²) in [5.41, 5.74) is 57.5. The number of aromatic amines is 1. The number of imidazole rings is 1. The lowest BCUT2D eigenvalue weighted by atomic mass is 10.0. The minimum atomic E-state index is -1.64. The first-order chi connectivity index (χ1) is 56.1. The first kappa shape index (κ1) is 98.8. The van der Waals surface area contributed by atoms with Gasteiger partial charge < -0.3 is 136 Å². The third-order valence-corrected chi connectivity index (χ3v) is 24.0. The largest absolute Gasteiger partial charge is 0.480 e. The summed E-state index contributed by atoms with van der Waals surface area (Å²) in [6.07, 6.45) is 4.09. The number of unbranched alkanes of at least 4 members (excludes halogenated alkanes) is 1. The van der Waals surface area contributed by atoms with Gasteiger partial charge in [0.15, 0.2) is 23.8 Å². The van der Waals surface area contributed by atoms with Crippen LogP contribution in [-0.2, 0) is 73.5 Å². The van der Waals surface area contributed by atoms with Crippen LogP contribution in [0.5, 0.6) is 0 Å². The topological polar surface area (TPSA) is 736 Å². The van der Waals surface area contributed by atoms with E-state index >= 15 is 24.0 Å². The molecule has 660 valence electrons. The summed E-state index contributed by atoms with van der Waals surface area (Å²) >= 11 is 0. The Bertz CT molecular complexity index is 3660. The summed E-state index contributed by atoms with van der Waals surface area (Å²) in [7, 11) is 3.81. The molecule has 118 heavy (non-hydrogen) atoms. The fraction of sp³-hybridized carbons (Fsp3) is 0.700. The molecule has 48 heteroatoms. The predicted molar refractivity (Wildman–Crippen MR) is 450 cm³/mol. The molecule has 14 atom stereocenters. The zero-order valence-corrected chi connectivity index (χ0v) is 70.4. The number of aromatic nitrogens is 2. The molecule has 0 radical (unpaired) electrons. The van der Waals surface area contributed by atoms with Crippen LogP contribution in [0.1, 0.15) is 143 Å². The summed E-state index contributed by atoms with van der Waals surface area (Å²) in [5.74, 6) is -14.8. The number of carboxylic acid groups (broad SMARTS) is 1. The smallest absolute Gasteiger partial charge is 0.327 e. The molecule has 33 N–H and O–H groups in total. The highest BCUT2D eigenvalue weighted by Gasteiger charge is 2.44. The van der Waals surface area contributed by atoms with E-state index in [-0.39, 0.29) is 207 Å². The maximum Gasteiger partial charge on any atom is 0.327 e. The van der Waals surface area contributed by atoms with Gasteiger partial charge >= 0.3 is 5.97 Å². The molecule has 0 aliphatic carbocycles. The molecule has 4 saturated heterocycles. The van der Waals surface area contributed by atoms with Crippen molar-refractivity contribution >= 4 is 150 Å². The van der Waals surface area contributed by atoms with Gasteiger partial charge in [-0.15, -0.1) is 0 Å². The van der Waals surface area contributed by atoms with Crippen LogP contribution in [0.2, 0.25) is 0 Å². The Balaban J connectivity index is 1.54. The van der Waals surface area contributed by atoms with Gasteiger partial charge in [0, 0.05) is 80.6 Å². The summed E-state index contributed by atoms with van der Waals surface area (Å²) in [6, 6.07) is -19.6. The molecule has 4 aliphatic rings. The van der Waals surface area contributed by atoms with Crippen molar-refractivity contribution in [2.45, 2.75) is 228 Å². The summed E-state index contributed by atoms with van der Waals surface area (Å²) < 4.78 is 0. The first-order valence-corrected chi connectivity index (χ1v) is 44.4. The van der Waals surface area contributed by atoms with Gasteiger partial charge in [0.05, 0.1) is 12.4 Å². The zero-order valence-electron chi connectivity index (χ0n) is 67.1. The van der Waals surface area contributed by atoms with Gasteiger partial charge in [-0.05, 0) is 128 Å². The fourth-order valence-corrected chi connectivity index (χ4v) is 17.8. The number of fused-ring (bicyclic) bond motifs is 2. The van der Waals surface area contributed by atoms with Gasteiger partial charge in [0.1, 0.15) is 78.5 Å². The van der Waals surface area contributed by atoms with Crippen molar-refractivity contribution in [3.05, 3.63) is 18.2 Å². The van der Waals surface area contributed by atoms with Crippen molar-refractivity contribution in [3.8, 4) is 0 Å². The summed E-state index contributed by atoms with van der Waals surface area (Å²) in [6.45, 7) is 7.54. The second kappa shape index (κ2) is 51.5. The normalized spacial score (nSPS) is 24.5. The number of nitrogens with zero attached hydrogens (tertiary/aromatic N) is 7. The number of aliphatic carboxylic acids is 1. The summed E-state index contributed by atoms with van der Waals surface area (Å²) in [5, 5.41) is 40.4. The SMILES string of the molecule is CC(C)CC1NC(=O)C(CCCN=C(N)N)NC(=O)C2CCCN2C(=O)C(CCCN=C(N)N)NC(=O)C(NC(=O)C(Cc2cnc[nH]2)NC(=O)C(CCCCN)NC(=O)C2CSSCC(N)C(=O)NC(CCCN=C(N)N)C(=O)N3CCCC3C(=O)NC(CCCN=C(N)N)C(=O)NC(CC(C)C)C(=O)N2)CSSCC(C(=O)O)NC1=O. The maximum atomic E-state index is 15.3. The third kappa shape index (κ3) is 34.6. The van der Waals surface area contributed by atoms with Gasteiger partial charge in [-0.1, -0.05) is 70.9 Å². The monoisotopic (exact) mass is 1740 g/mol. The second-order valence-electron chi connectivity index (χ2n) is 29.8. The molecule has 5 rings (SSSR count). The lowest BCUT2D eigenvalue weighted by Gasteiger charge is -2.31. The average molecular weight is 1740 g/mol. The molecule has 0 saturated carbocycles. The number of nitrogens with one attached hydrogen (secondary N) is 12. The van der Waals surface area contributed by atoms with E-state index < -0.39 is 167 Å².